The van der Waals surface area contributed by atoms with Crippen molar-refractivity contribution >= 4 is 22.5 Å². The number of aromatic amines is 1. The van der Waals surface area contributed by atoms with Crippen LogP contribution in [0.3, 0.4) is 0 Å². The molecule has 0 aliphatic heterocycles. The number of aromatic nitrogens is 1. The third kappa shape index (κ3) is 3.40. The number of anilines is 1. The van der Waals surface area contributed by atoms with Crippen LogP contribution in [0.5, 0.6) is 0 Å². The molecule has 2 N–H and O–H groups in total. The zero-order valence-electron chi connectivity index (χ0n) is 13.1. The number of halogens is 3. The molecule has 1 amide bonds. The van der Waals surface area contributed by atoms with Gasteiger partial charge in [-0.25, -0.2) is 0 Å². The second-order valence-corrected chi connectivity index (χ2v) is 5.57. The van der Waals surface area contributed by atoms with E-state index in [9.17, 15) is 22.8 Å². The maximum absolute atomic E-state index is 13.0. The SMILES string of the molecule is Cc1cc(=O)[nH]c2cc(NC(=O)c3ccccc3C(F)(F)F)ccc12. The smallest absolute Gasteiger partial charge is 0.322 e. The Morgan fingerprint density at radius 3 is 2.52 bits per heavy atom. The highest BCUT2D eigenvalue weighted by Crippen LogP contribution is 2.32. The lowest BCUT2D eigenvalue weighted by Gasteiger charge is -2.13. The van der Waals surface area contributed by atoms with E-state index in [-0.39, 0.29) is 11.2 Å². The first kappa shape index (κ1) is 16.8. The molecule has 3 rings (SSSR count). The third-order valence-electron chi connectivity index (χ3n) is 3.78. The van der Waals surface area contributed by atoms with E-state index >= 15 is 0 Å². The Morgan fingerprint density at radius 2 is 1.80 bits per heavy atom. The molecule has 0 spiro atoms. The van der Waals surface area contributed by atoms with Crippen molar-refractivity contribution in [3.63, 3.8) is 0 Å². The maximum Gasteiger partial charge on any atom is 0.417 e. The number of benzene rings is 2. The molecule has 0 atom stereocenters. The molecule has 0 saturated heterocycles. The Balaban J connectivity index is 1.97. The van der Waals surface area contributed by atoms with Gasteiger partial charge in [-0.2, -0.15) is 13.2 Å². The summed E-state index contributed by atoms with van der Waals surface area (Å²) in [6.07, 6.45) is -4.63. The van der Waals surface area contributed by atoms with Gasteiger partial charge in [0.25, 0.3) is 5.91 Å². The summed E-state index contributed by atoms with van der Waals surface area (Å²) < 4.78 is 39.1. The first-order chi connectivity index (χ1) is 11.8. The zero-order chi connectivity index (χ0) is 18.2. The minimum atomic E-state index is -4.63. The molecule has 0 aliphatic carbocycles. The molecule has 7 heteroatoms. The van der Waals surface area contributed by atoms with E-state index in [1.165, 1.54) is 24.3 Å². The molecule has 0 unspecified atom stereocenters. The average Bonchev–Trinajstić information content (AvgIpc) is 2.53. The summed E-state index contributed by atoms with van der Waals surface area (Å²) in [4.78, 5) is 26.4. The van der Waals surface area contributed by atoms with Crippen LogP contribution in [0.25, 0.3) is 10.9 Å². The summed E-state index contributed by atoms with van der Waals surface area (Å²) in [6.45, 7) is 1.77. The van der Waals surface area contributed by atoms with E-state index in [1.54, 1.807) is 19.1 Å². The minimum absolute atomic E-state index is 0.288. The molecule has 0 bridgehead atoms. The van der Waals surface area contributed by atoms with Gasteiger partial charge in [0.15, 0.2) is 0 Å². The summed E-state index contributed by atoms with van der Waals surface area (Å²) >= 11 is 0. The number of fused-ring (bicyclic) bond motifs is 1. The lowest BCUT2D eigenvalue weighted by atomic mass is 10.1. The van der Waals surface area contributed by atoms with Crippen LogP contribution in [0.2, 0.25) is 0 Å². The summed E-state index contributed by atoms with van der Waals surface area (Å²) in [5.41, 5.74) is -0.219. The fraction of sp³-hybridized carbons (Fsp3) is 0.111. The molecule has 128 valence electrons. The molecule has 1 aromatic heterocycles. The Hall–Kier alpha value is -3.09. The van der Waals surface area contributed by atoms with Crippen molar-refractivity contribution in [1.29, 1.82) is 0 Å². The second-order valence-electron chi connectivity index (χ2n) is 5.57. The zero-order valence-corrected chi connectivity index (χ0v) is 13.1. The minimum Gasteiger partial charge on any atom is -0.322 e. The molecule has 0 radical (unpaired) electrons. The number of carbonyl (C=O) groups excluding carboxylic acids is 1. The van der Waals surface area contributed by atoms with Crippen LogP contribution in [0.4, 0.5) is 18.9 Å². The fourth-order valence-electron chi connectivity index (χ4n) is 2.64. The lowest BCUT2D eigenvalue weighted by Crippen LogP contribution is -2.18. The summed E-state index contributed by atoms with van der Waals surface area (Å²) in [5, 5.41) is 3.23. The normalized spacial score (nSPS) is 11.5. The number of nitrogens with one attached hydrogen (secondary N) is 2. The molecule has 4 nitrogen and oxygen atoms in total. The number of rotatable bonds is 2. The van der Waals surface area contributed by atoms with Crippen LogP contribution in [0, 0.1) is 6.92 Å². The van der Waals surface area contributed by atoms with Crippen LogP contribution in [0.1, 0.15) is 21.5 Å². The van der Waals surface area contributed by atoms with Crippen molar-refractivity contribution in [2.75, 3.05) is 5.32 Å². The molecule has 3 aromatic rings. The van der Waals surface area contributed by atoms with E-state index < -0.39 is 23.2 Å². The summed E-state index contributed by atoms with van der Waals surface area (Å²) in [5.74, 6) is -0.873. The van der Waals surface area contributed by atoms with Gasteiger partial charge in [0.1, 0.15) is 0 Å². The third-order valence-corrected chi connectivity index (χ3v) is 3.78. The van der Waals surface area contributed by atoms with Crippen molar-refractivity contribution in [1.82, 2.24) is 4.98 Å². The van der Waals surface area contributed by atoms with E-state index in [4.69, 9.17) is 0 Å². The monoisotopic (exact) mass is 346 g/mol. The van der Waals surface area contributed by atoms with E-state index in [2.05, 4.69) is 10.3 Å². The molecule has 0 aliphatic rings. The second kappa shape index (κ2) is 6.08. The number of alkyl halides is 3. The van der Waals surface area contributed by atoms with Gasteiger partial charge in [-0.3, -0.25) is 9.59 Å². The standard InChI is InChI=1S/C18H13F3N2O2/c1-10-8-16(24)23-15-9-11(6-7-12(10)15)22-17(25)13-4-2-3-5-14(13)18(19,20)21/h2-9H,1H3,(H,22,25)(H,23,24). The van der Waals surface area contributed by atoms with Crippen LogP contribution >= 0.6 is 0 Å². The predicted octanol–water partition coefficient (Wildman–Crippen LogP) is 4.11. The van der Waals surface area contributed by atoms with E-state index in [0.717, 1.165) is 23.1 Å². The molecule has 25 heavy (non-hydrogen) atoms. The van der Waals surface area contributed by atoms with Crippen molar-refractivity contribution in [3.8, 4) is 0 Å². The predicted molar refractivity (Wildman–Crippen MR) is 88.7 cm³/mol. The van der Waals surface area contributed by atoms with Gasteiger partial charge in [-0.05, 0) is 36.8 Å². The molecule has 0 saturated carbocycles. The van der Waals surface area contributed by atoms with Gasteiger partial charge in [-0.1, -0.05) is 18.2 Å². The largest absolute Gasteiger partial charge is 0.417 e. The molecule has 2 aromatic carbocycles. The highest BCUT2D eigenvalue weighted by molar-refractivity contribution is 6.06. The lowest BCUT2D eigenvalue weighted by molar-refractivity contribution is -0.137. The van der Waals surface area contributed by atoms with Crippen LogP contribution < -0.4 is 10.9 Å². The van der Waals surface area contributed by atoms with E-state index in [1.807, 2.05) is 0 Å². The van der Waals surface area contributed by atoms with Crippen molar-refractivity contribution in [3.05, 3.63) is 75.6 Å². The Labute approximate surface area is 140 Å². The highest BCUT2D eigenvalue weighted by atomic mass is 19.4. The van der Waals surface area contributed by atoms with Gasteiger partial charge in [0, 0.05) is 17.1 Å². The molecule has 1 heterocycles. The molecular weight excluding hydrogens is 333 g/mol. The Bertz CT molecular complexity index is 1020. The van der Waals surface area contributed by atoms with Gasteiger partial charge < -0.3 is 10.3 Å². The van der Waals surface area contributed by atoms with E-state index in [0.29, 0.717) is 5.52 Å². The maximum atomic E-state index is 13.0. The number of hydrogen-bond acceptors (Lipinski definition) is 2. The molecular formula is C18H13F3N2O2. The number of aryl methyl sites for hydroxylation is 1. The van der Waals surface area contributed by atoms with Crippen molar-refractivity contribution in [2.45, 2.75) is 13.1 Å². The van der Waals surface area contributed by atoms with Crippen LogP contribution in [-0.4, -0.2) is 10.9 Å². The first-order valence-electron chi connectivity index (χ1n) is 7.37. The molecule has 0 fully saturated rings. The first-order valence-corrected chi connectivity index (χ1v) is 7.37. The van der Waals surface area contributed by atoms with Crippen molar-refractivity contribution < 1.29 is 18.0 Å². The number of hydrogen-bond donors (Lipinski definition) is 2. The number of H-pyrrole nitrogens is 1. The Morgan fingerprint density at radius 1 is 1.08 bits per heavy atom. The van der Waals surface area contributed by atoms with Crippen molar-refractivity contribution in [2.24, 2.45) is 0 Å². The van der Waals surface area contributed by atoms with Gasteiger partial charge in [0.2, 0.25) is 5.56 Å². The Kier molecular flexibility index (Phi) is 4.08. The number of carbonyl (C=O) groups is 1. The fourth-order valence-corrected chi connectivity index (χ4v) is 2.64. The van der Waals surface area contributed by atoms with Crippen LogP contribution in [-0.2, 0) is 6.18 Å². The van der Waals surface area contributed by atoms with Crippen LogP contribution in [0.15, 0.2) is 53.3 Å². The number of amides is 1. The summed E-state index contributed by atoms with van der Waals surface area (Å²) in [7, 11) is 0. The quantitative estimate of drug-likeness (QED) is 0.734. The average molecular weight is 346 g/mol. The summed E-state index contributed by atoms with van der Waals surface area (Å²) in [6, 6.07) is 10.8. The topological polar surface area (TPSA) is 62.0 Å². The highest BCUT2D eigenvalue weighted by Gasteiger charge is 2.34. The van der Waals surface area contributed by atoms with Gasteiger partial charge >= 0.3 is 6.18 Å². The van der Waals surface area contributed by atoms with Gasteiger partial charge in [0.05, 0.1) is 16.6 Å². The van der Waals surface area contributed by atoms with Gasteiger partial charge in [-0.15, -0.1) is 0 Å². The number of pyridine rings is 1.